The van der Waals surface area contributed by atoms with Gasteiger partial charge in [0.2, 0.25) is 0 Å². The summed E-state index contributed by atoms with van der Waals surface area (Å²) < 4.78 is 6.04. The van der Waals surface area contributed by atoms with Crippen LogP contribution >= 0.6 is 0 Å². The van der Waals surface area contributed by atoms with Crippen LogP contribution in [0.15, 0.2) is 0 Å². The van der Waals surface area contributed by atoms with Gasteiger partial charge in [0.1, 0.15) is 0 Å². The Bertz CT molecular complexity index is 313. The first-order chi connectivity index (χ1) is 9.60. The normalized spacial score (nSPS) is 26.8. The molecule has 0 bridgehead atoms. The fraction of sp³-hybridized carbons (Fsp3) is 0.938. The van der Waals surface area contributed by atoms with E-state index in [9.17, 15) is 4.79 Å². The van der Waals surface area contributed by atoms with E-state index in [-0.39, 0.29) is 5.60 Å². The van der Waals surface area contributed by atoms with E-state index in [2.05, 4.69) is 12.2 Å². The summed E-state index contributed by atoms with van der Waals surface area (Å²) in [4.78, 5) is 10.5. The number of carboxylic acid groups (broad SMARTS) is 1. The zero-order valence-electron chi connectivity index (χ0n) is 12.7. The number of carboxylic acids is 1. The molecule has 4 nitrogen and oxygen atoms in total. The lowest BCUT2D eigenvalue weighted by Gasteiger charge is -2.38. The van der Waals surface area contributed by atoms with Gasteiger partial charge in [-0.25, -0.2) is 0 Å². The lowest BCUT2D eigenvalue weighted by Crippen LogP contribution is -2.45. The Balaban J connectivity index is 1.62. The molecule has 1 saturated heterocycles. The maximum Gasteiger partial charge on any atom is 0.303 e. The Kier molecular flexibility index (Phi) is 5.85. The van der Waals surface area contributed by atoms with Gasteiger partial charge in [-0.3, -0.25) is 4.79 Å². The number of hydrogen-bond donors (Lipinski definition) is 2. The molecule has 4 heteroatoms. The fourth-order valence-corrected chi connectivity index (χ4v) is 3.62. The van der Waals surface area contributed by atoms with Crippen molar-refractivity contribution in [1.29, 1.82) is 0 Å². The van der Waals surface area contributed by atoms with E-state index in [0.29, 0.717) is 18.4 Å². The predicted molar refractivity (Wildman–Crippen MR) is 78.8 cm³/mol. The van der Waals surface area contributed by atoms with Crippen LogP contribution in [0.1, 0.15) is 64.7 Å². The van der Waals surface area contributed by atoms with Gasteiger partial charge in [0.25, 0.3) is 0 Å². The van der Waals surface area contributed by atoms with Crippen molar-refractivity contribution in [2.24, 2.45) is 5.92 Å². The first kappa shape index (κ1) is 15.8. The molecule has 1 aliphatic heterocycles. The largest absolute Gasteiger partial charge is 0.481 e. The molecule has 0 radical (unpaired) electrons. The molecule has 0 aromatic rings. The molecule has 2 unspecified atom stereocenters. The molecule has 20 heavy (non-hydrogen) atoms. The molecule has 1 aliphatic carbocycles. The summed E-state index contributed by atoms with van der Waals surface area (Å²) >= 11 is 0. The Hall–Kier alpha value is -0.610. The van der Waals surface area contributed by atoms with Crippen LogP contribution in [0.5, 0.6) is 0 Å². The maximum atomic E-state index is 10.5. The van der Waals surface area contributed by atoms with E-state index in [1.165, 1.54) is 25.7 Å². The second-order valence-corrected chi connectivity index (χ2v) is 6.71. The topological polar surface area (TPSA) is 58.6 Å². The van der Waals surface area contributed by atoms with Crippen molar-refractivity contribution < 1.29 is 14.6 Å². The van der Waals surface area contributed by atoms with Crippen LogP contribution in [0.3, 0.4) is 0 Å². The summed E-state index contributed by atoms with van der Waals surface area (Å²) in [6.07, 6.45) is 9.54. The third kappa shape index (κ3) is 4.74. The molecule has 0 amide bonds. The van der Waals surface area contributed by atoms with Gasteiger partial charge in [-0.15, -0.1) is 0 Å². The third-order valence-corrected chi connectivity index (χ3v) is 4.93. The van der Waals surface area contributed by atoms with Crippen molar-refractivity contribution in [2.75, 3.05) is 13.2 Å². The number of aliphatic carboxylic acids is 1. The van der Waals surface area contributed by atoms with E-state index in [1.54, 1.807) is 0 Å². The lowest BCUT2D eigenvalue weighted by molar-refractivity contribution is -0.137. The minimum atomic E-state index is -0.683. The highest BCUT2D eigenvalue weighted by Crippen LogP contribution is 2.39. The Morgan fingerprint density at radius 1 is 1.40 bits per heavy atom. The van der Waals surface area contributed by atoms with Crippen LogP contribution in [-0.4, -0.2) is 35.9 Å². The quantitative estimate of drug-likeness (QED) is 0.754. The molecular weight excluding hydrogens is 254 g/mol. The van der Waals surface area contributed by atoms with Gasteiger partial charge in [0, 0.05) is 19.1 Å². The average Bonchev–Trinajstić information content (AvgIpc) is 2.84. The third-order valence-electron chi connectivity index (χ3n) is 4.93. The monoisotopic (exact) mass is 283 g/mol. The van der Waals surface area contributed by atoms with E-state index < -0.39 is 5.97 Å². The first-order valence-electron chi connectivity index (χ1n) is 8.19. The van der Waals surface area contributed by atoms with Crippen molar-refractivity contribution in [3.05, 3.63) is 0 Å². The van der Waals surface area contributed by atoms with Gasteiger partial charge in [-0.05, 0) is 51.0 Å². The summed E-state index contributed by atoms with van der Waals surface area (Å²) in [5, 5.41) is 12.3. The van der Waals surface area contributed by atoms with Gasteiger partial charge >= 0.3 is 5.97 Å². The SMILES string of the molecule is CC(CCNC1CCOC2(CCCC2)C1)CCC(=O)O. The van der Waals surface area contributed by atoms with Crippen LogP contribution in [0.2, 0.25) is 0 Å². The minimum Gasteiger partial charge on any atom is -0.481 e. The number of nitrogens with one attached hydrogen (secondary N) is 1. The van der Waals surface area contributed by atoms with Gasteiger partial charge in [-0.1, -0.05) is 19.8 Å². The fourth-order valence-electron chi connectivity index (χ4n) is 3.62. The highest BCUT2D eigenvalue weighted by atomic mass is 16.5. The van der Waals surface area contributed by atoms with Gasteiger partial charge in [0.05, 0.1) is 5.60 Å². The Morgan fingerprint density at radius 2 is 2.15 bits per heavy atom. The first-order valence-corrected chi connectivity index (χ1v) is 8.19. The summed E-state index contributed by atoms with van der Waals surface area (Å²) in [6.45, 7) is 4.04. The molecule has 2 N–H and O–H groups in total. The second kappa shape index (κ2) is 7.41. The van der Waals surface area contributed by atoms with Crippen LogP contribution < -0.4 is 5.32 Å². The summed E-state index contributed by atoms with van der Waals surface area (Å²) in [7, 11) is 0. The Labute approximate surface area is 122 Å². The van der Waals surface area contributed by atoms with Gasteiger partial charge < -0.3 is 15.2 Å². The van der Waals surface area contributed by atoms with Crippen molar-refractivity contribution in [2.45, 2.75) is 76.4 Å². The summed E-state index contributed by atoms with van der Waals surface area (Å²) in [6, 6.07) is 0.591. The van der Waals surface area contributed by atoms with Crippen LogP contribution in [0, 0.1) is 5.92 Å². The number of ether oxygens (including phenoxy) is 1. The molecule has 2 atom stereocenters. The van der Waals surface area contributed by atoms with Crippen molar-refractivity contribution >= 4 is 5.97 Å². The summed E-state index contributed by atoms with van der Waals surface area (Å²) in [5.41, 5.74) is 0.185. The van der Waals surface area contributed by atoms with Crippen molar-refractivity contribution in [1.82, 2.24) is 5.32 Å². The van der Waals surface area contributed by atoms with E-state index in [0.717, 1.165) is 38.8 Å². The van der Waals surface area contributed by atoms with Crippen LogP contribution in [0.25, 0.3) is 0 Å². The molecule has 1 heterocycles. The molecule has 116 valence electrons. The smallest absolute Gasteiger partial charge is 0.303 e. The zero-order chi connectivity index (χ0) is 14.4. The molecular formula is C16H29NO3. The minimum absolute atomic E-state index is 0.185. The zero-order valence-corrected chi connectivity index (χ0v) is 12.7. The average molecular weight is 283 g/mol. The highest BCUT2D eigenvalue weighted by Gasteiger charge is 2.39. The Morgan fingerprint density at radius 3 is 2.85 bits per heavy atom. The van der Waals surface area contributed by atoms with Gasteiger partial charge in [-0.2, -0.15) is 0 Å². The van der Waals surface area contributed by atoms with Crippen LogP contribution in [0.4, 0.5) is 0 Å². The molecule has 1 saturated carbocycles. The summed E-state index contributed by atoms with van der Waals surface area (Å²) in [5.74, 6) is -0.198. The number of hydrogen-bond acceptors (Lipinski definition) is 3. The van der Waals surface area contributed by atoms with Crippen molar-refractivity contribution in [3.63, 3.8) is 0 Å². The van der Waals surface area contributed by atoms with Crippen molar-refractivity contribution in [3.8, 4) is 0 Å². The predicted octanol–water partition coefficient (Wildman–Crippen LogP) is 2.96. The van der Waals surface area contributed by atoms with Crippen LogP contribution in [-0.2, 0) is 9.53 Å². The molecule has 2 fully saturated rings. The number of rotatable bonds is 7. The standard InChI is InChI=1S/C16H29NO3/c1-13(4-5-15(18)19)6-10-17-14-7-11-20-16(12-14)8-2-3-9-16/h13-14,17H,2-12H2,1H3,(H,18,19). The lowest BCUT2D eigenvalue weighted by atomic mass is 9.89. The molecule has 2 aliphatic rings. The van der Waals surface area contributed by atoms with Gasteiger partial charge in [0.15, 0.2) is 0 Å². The molecule has 0 aromatic carbocycles. The number of carbonyl (C=O) groups is 1. The molecule has 1 spiro atoms. The van der Waals surface area contributed by atoms with E-state index in [1.807, 2.05) is 0 Å². The van der Waals surface area contributed by atoms with E-state index in [4.69, 9.17) is 9.84 Å². The molecule has 2 rings (SSSR count). The highest BCUT2D eigenvalue weighted by molar-refractivity contribution is 5.66. The van der Waals surface area contributed by atoms with E-state index >= 15 is 0 Å². The second-order valence-electron chi connectivity index (χ2n) is 6.71. The molecule has 0 aromatic heterocycles. The maximum absolute atomic E-state index is 10.5.